The summed E-state index contributed by atoms with van der Waals surface area (Å²) >= 11 is 0. The third-order valence-corrected chi connectivity index (χ3v) is 5.54. The largest absolute Gasteiger partial charge is 0.457 e. The Morgan fingerprint density at radius 3 is 2.55 bits per heavy atom. The summed E-state index contributed by atoms with van der Waals surface area (Å²) < 4.78 is 7.53. The number of ether oxygens (including phenoxy) is 1. The average Bonchev–Trinajstić information content (AvgIpc) is 3.61. The first-order chi connectivity index (χ1) is 18.5. The Hall–Kier alpha value is -5.50. The van der Waals surface area contributed by atoms with Crippen molar-refractivity contribution in [3.8, 4) is 34.5 Å². The molecule has 0 aliphatic carbocycles. The molecular formula is C27H23N9O2. The van der Waals surface area contributed by atoms with Gasteiger partial charge in [-0.15, -0.1) is 0 Å². The highest BCUT2D eigenvalue weighted by Gasteiger charge is 2.15. The number of aromatic amines is 1. The zero-order valence-electron chi connectivity index (χ0n) is 20.6. The van der Waals surface area contributed by atoms with E-state index in [0.717, 1.165) is 17.0 Å². The summed E-state index contributed by atoms with van der Waals surface area (Å²) in [6.07, 6.45) is 6.66. The van der Waals surface area contributed by atoms with Crippen LogP contribution < -0.4 is 15.4 Å². The highest BCUT2D eigenvalue weighted by atomic mass is 16.5. The maximum atomic E-state index is 12.8. The van der Waals surface area contributed by atoms with Gasteiger partial charge in [-0.25, -0.2) is 14.5 Å². The Morgan fingerprint density at radius 1 is 1.03 bits per heavy atom. The molecule has 0 saturated heterocycles. The summed E-state index contributed by atoms with van der Waals surface area (Å²) in [5, 5.41) is 26.0. The zero-order valence-corrected chi connectivity index (χ0v) is 20.6. The van der Waals surface area contributed by atoms with Gasteiger partial charge in [-0.1, -0.05) is 13.8 Å². The molecule has 11 nitrogen and oxygen atoms in total. The highest BCUT2D eigenvalue weighted by molar-refractivity contribution is 5.99. The molecule has 3 N–H and O–H groups in total. The number of urea groups is 1. The summed E-state index contributed by atoms with van der Waals surface area (Å²) in [7, 11) is 0. The topological polar surface area (TPSA) is 146 Å². The normalized spacial score (nSPS) is 10.7. The summed E-state index contributed by atoms with van der Waals surface area (Å²) in [5.41, 5.74) is 3.91. The number of aromatic nitrogens is 6. The lowest BCUT2D eigenvalue weighted by molar-refractivity contribution is 0.262. The molecule has 0 radical (unpaired) electrons. The number of anilines is 2. The van der Waals surface area contributed by atoms with E-state index in [0.29, 0.717) is 34.4 Å². The fraction of sp³-hybridized carbons (Fsp3) is 0.111. The molecule has 0 aliphatic heterocycles. The fourth-order valence-corrected chi connectivity index (χ4v) is 3.59. The Bertz CT molecular complexity index is 1580. The van der Waals surface area contributed by atoms with E-state index in [1.165, 1.54) is 0 Å². The van der Waals surface area contributed by atoms with Gasteiger partial charge in [0, 0.05) is 35.8 Å². The summed E-state index contributed by atoms with van der Waals surface area (Å²) in [6.45, 7) is 4.03. The van der Waals surface area contributed by atoms with E-state index in [2.05, 4.69) is 35.9 Å². The first kappa shape index (κ1) is 24.2. The van der Waals surface area contributed by atoms with Crippen LogP contribution >= 0.6 is 0 Å². The van der Waals surface area contributed by atoms with E-state index in [9.17, 15) is 4.79 Å². The molecule has 11 heteroatoms. The van der Waals surface area contributed by atoms with Gasteiger partial charge in [0.15, 0.2) is 0 Å². The van der Waals surface area contributed by atoms with Crippen LogP contribution in [0.15, 0.2) is 79.4 Å². The van der Waals surface area contributed by atoms with Crippen LogP contribution in [-0.2, 0) is 0 Å². The second kappa shape index (κ2) is 10.6. The molecule has 38 heavy (non-hydrogen) atoms. The number of hydrogen-bond donors (Lipinski definition) is 3. The third kappa shape index (κ3) is 5.50. The SMILES string of the molecule is CC(C)c1cc(NC(=O)Nc2ccc(Oc3ccnc(-c4cn[nH]c4)c3)cc2)n(-c2ccc(C#N)nc2)n1. The van der Waals surface area contributed by atoms with E-state index in [1.54, 1.807) is 71.9 Å². The van der Waals surface area contributed by atoms with Gasteiger partial charge in [0.25, 0.3) is 0 Å². The fourth-order valence-electron chi connectivity index (χ4n) is 3.59. The Kier molecular flexibility index (Phi) is 6.77. The third-order valence-electron chi connectivity index (χ3n) is 5.54. The van der Waals surface area contributed by atoms with Crippen LogP contribution in [0.3, 0.4) is 0 Å². The van der Waals surface area contributed by atoms with Crippen molar-refractivity contribution in [1.29, 1.82) is 5.26 Å². The minimum absolute atomic E-state index is 0.148. The standard InChI is InChI=1S/C27H23N9O2/c1-17(2)24-12-26(36(35-24)21-6-3-20(13-28)30-16-21)34-27(37)33-19-4-7-22(8-5-19)38-23-9-10-29-25(11-23)18-14-31-32-15-18/h3-12,14-17H,1-2H3,(H,31,32)(H2,33,34,37). The molecule has 1 aromatic carbocycles. The van der Waals surface area contributed by atoms with Crippen LogP contribution in [0.4, 0.5) is 16.3 Å². The average molecular weight is 506 g/mol. The lowest BCUT2D eigenvalue weighted by Crippen LogP contribution is -2.21. The summed E-state index contributed by atoms with van der Waals surface area (Å²) in [5.74, 6) is 1.85. The second-order valence-corrected chi connectivity index (χ2v) is 8.60. The molecule has 0 spiro atoms. The first-order valence-corrected chi connectivity index (χ1v) is 11.8. The summed E-state index contributed by atoms with van der Waals surface area (Å²) in [4.78, 5) is 21.2. The van der Waals surface area contributed by atoms with Crippen molar-refractivity contribution in [3.63, 3.8) is 0 Å². The maximum Gasteiger partial charge on any atom is 0.324 e. The monoisotopic (exact) mass is 505 g/mol. The van der Waals surface area contributed by atoms with Crippen molar-refractivity contribution in [2.45, 2.75) is 19.8 Å². The van der Waals surface area contributed by atoms with E-state index in [4.69, 9.17) is 10.00 Å². The van der Waals surface area contributed by atoms with E-state index < -0.39 is 6.03 Å². The predicted octanol–water partition coefficient (Wildman–Crippen LogP) is 5.48. The van der Waals surface area contributed by atoms with Gasteiger partial charge in [0.05, 0.1) is 29.5 Å². The molecule has 188 valence electrons. The lowest BCUT2D eigenvalue weighted by atomic mass is 10.1. The number of nitrogens with one attached hydrogen (secondary N) is 3. The Labute approximate surface area is 218 Å². The second-order valence-electron chi connectivity index (χ2n) is 8.60. The molecule has 0 atom stereocenters. The first-order valence-electron chi connectivity index (χ1n) is 11.8. The number of nitriles is 1. The van der Waals surface area contributed by atoms with Crippen LogP contribution in [0.5, 0.6) is 11.5 Å². The molecule has 0 unspecified atom stereocenters. The van der Waals surface area contributed by atoms with Crippen LogP contribution in [0, 0.1) is 11.3 Å². The van der Waals surface area contributed by atoms with Gasteiger partial charge in [-0.2, -0.15) is 15.5 Å². The molecule has 2 amide bonds. The van der Waals surface area contributed by atoms with Gasteiger partial charge >= 0.3 is 6.03 Å². The Balaban J connectivity index is 1.26. The smallest absolute Gasteiger partial charge is 0.324 e. The van der Waals surface area contributed by atoms with Crippen LogP contribution in [0.1, 0.15) is 31.2 Å². The molecular weight excluding hydrogens is 482 g/mol. The number of amides is 2. The van der Waals surface area contributed by atoms with E-state index in [-0.39, 0.29) is 5.92 Å². The van der Waals surface area contributed by atoms with E-state index in [1.807, 2.05) is 32.0 Å². The van der Waals surface area contributed by atoms with Gasteiger partial charge in [-0.05, 0) is 48.4 Å². The number of nitrogens with zero attached hydrogens (tertiary/aromatic N) is 6. The van der Waals surface area contributed by atoms with Crippen LogP contribution in [0.25, 0.3) is 16.9 Å². The molecule has 5 rings (SSSR count). The minimum atomic E-state index is -0.435. The molecule has 0 bridgehead atoms. The number of carbonyl (C=O) groups is 1. The number of pyridine rings is 2. The van der Waals surface area contributed by atoms with Crippen molar-refractivity contribution in [1.82, 2.24) is 29.9 Å². The molecule has 0 aliphatic rings. The lowest BCUT2D eigenvalue weighted by Gasteiger charge is -2.11. The molecule has 0 saturated carbocycles. The van der Waals surface area contributed by atoms with Crippen molar-refractivity contribution in [2.75, 3.05) is 10.6 Å². The van der Waals surface area contributed by atoms with E-state index >= 15 is 0 Å². The Morgan fingerprint density at radius 2 is 1.87 bits per heavy atom. The quantitative estimate of drug-likeness (QED) is 0.265. The molecule has 0 fully saturated rings. The maximum absolute atomic E-state index is 12.8. The van der Waals surface area contributed by atoms with Crippen LogP contribution in [0.2, 0.25) is 0 Å². The minimum Gasteiger partial charge on any atom is -0.457 e. The number of rotatable bonds is 7. The van der Waals surface area contributed by atoms with Gasteiger partial charge in [0.1, 0.15) is 29.1 Å². The van der Waals surface area contributed by atoms with Gasteiger partial charge in [0.2, 0.25) is 0 Å². The van der Waals surface area contributed by atoms with Gasteiger partial charge < -0.3 is 10.1 Å². The van der Waals surface area contributed by atoms with Crippen molar-refractivity contribution in [2.24, 2.45) is 0 Å². The number of carbonyl (C=O) groups excluding carboxylic acids is 1. The molecule has 4 heterocycles. The van der Waals surface area contributed by atoms with Crippen LogP contribution in [-0.4, -0.2) is 36.0 Å². The van der Waals surface area contributed by atoms with Crippen molar-refractivity contribution in [3.05, 3.63) is 90.8 Å². The van der Waals surface area contributed by atoms with Crippen molar-refractivity contribution >= 4 is 17.5 Å². The zero-order chi connectivity index (χ0) is 26.5. The predicted molar refractivity (Wildman–Crippen MR) is 141 cm³/mol. The molecule has 5 aromatic rings. The van der Waals surface area contributed by atoms with Crippen molar-refractivity contribution < 1.29 is 9.53 Å². The number of hydrogen-bond acceptors (Lipinski definition) is 7. The molecule has 4 aromatic heterocycles. The van der Waals surface area contributed by atoms with Gasteiger partial charge in [-0.3, -0.25) is 15.4 Å². The summed E-state index contributed by atoms with van der Waals surface area (Å²) in [6, 6.07) is 17.3. The number of H-pyrrole nitrogens is 1. The number of benzene rings is 1. The highest BCUT2D eigenvalue weighted by Crippen LogP contribution is 2.27.